The van der Waals surface area contributed by atoms with E-state index in [1.54, 1.807) is 0 Å². The summed E-state index contributed by atoms with van der Waals surface area (Å²) in [6, 6.07) is 8.01. The van der Waals surface area contributed by atoms with Gasteiger partial charge in [-0.05, 0) is 18.1 Å². The second-order valence-corrected chi connectivity index (χ2v) is 5.17. The number of para-hydroxylation sites is 2. The lowest BCUT2D eigenvalue weighted by atomic mass is 10.1. The number of rotatable bonds is 4. The Morgan fingerprint density at radius 2 is 1.95 bits per heavy atom. The minimum atomic E-state index is 0.565. The van der Waals surface area contributed by atoms with Crippen LogP contribution in [0.1, 0.15) is 31.3 Å². The Bertz CT molecular complexity index is 647. The Labute approximate surface area is 111 Å². The molecule has 0 aliphatic rings. The van der Waals surface area contributed by atoms with Gasteiger partial charge in [-0.1, -0.05) is 26.0 Å². The number of nitrogens with zero attached hydrogens (tertiary/aromatic N) is 3. The molecular weight excluding hydrogens is 238 g/mol. The normalized spacial score (nSPS) is 11.5. The smallest absolute Gasteiger partial charge is 0.150 e. The van der Waals surface area contributed by atoms with Crippen molar-refractivity contribution in [2.75, 3.05) is 0 Å². The van der Waals surface area contributed by atoms with Crippen LogP contribution in [-0.4, -0.2) is 25.1 Å². The van der Waals surface area contributed by atoms with Gasteiger partial charge < -0.3 is 4.98 Å². The molecule has 5 heteroatoms. The average molecular weight is 255 g/mol. The molecule has 0 aliphatic heterocycles. The number of nitrogens with one attached hydrogen (secondary N) is 2. The summed E-state index contributed by atoms with van der Waals surface area (Å²) in [6.07, 6.45) is 1.55. The lowest BCUT2D eigenvalue weighted by Gasteiger charge is -1.97. The molecule has 0 atom stereocenters. The van der Waals surface area contributed by atoms with Gasteiger partial charge >= 0.3 is 0 Å². The van der Waals surface area contributed by atoms with Crippen molar-refractivity contribution in [3.05, 3.63) is 41.7 Å². The van der Waals surface area contributed by atoms with E-state index in [2.05, 4.69) is 39.0 Å². The molecule has 0 radical (unpaired) electrons. The van der Waals surface area contributed by atoms with Crippen molar-refractivity contribution in [1.29, 1.82) is 0 Å². The molecule has 0 saturated heterocycles. The van der Waals surface area contributed by atoms with E-state index in [9.17, 15) is 0 Å². The van der Waals surface area contributed by atoms with Gasteiger partial charge in [-0.3, -0.25) is 5.10 Å². The van der Waals surface area contributed by atoms with E-state index in [0.717, 1.165) is 34.9 Å². The molecule has 0 unspecified atom stereocenters. The van der Waals surface area contributed by atoms with Crippen LogP contribution in [0.5, 0.6) is 0 Å². The number of fused-ring (bicyclic) bond motifs is 1. The SMILES string of the molecule is CC(C)Cc1n[nH]c(Cc2nc3ccccc3[nH]2)n1. The Hall–Kier alpha value is -2.17. The van der Waals surface area contributed by atoms with Gasteiger partial charge in [-0.25, -0.2) is 9.97 Å². The second-order valence-electron chi connectivity index (χ2n) is 5.17. The fourth-order valence-electron chi connectivity index (χ4n) is 2.12. The summed E-state index contributed by atoms with van der Waals surface area (Å²) in [5, 5.41) is 7.21. The van der Waals surface area contributed by atoms with Crippen molar-refractivity contribution in [1.82, 2.24) is 25.1 Å². The summed E-state index contributed by atoms with van der Waals surface area (Å²) in [5.74, 6) is 3.21. The summed E-state index contributed by atoms with van der Waals surface area (Å²) < 4.78 is 0. The molecule has 0 bridgehead atoms. The first-order chi connectivity index (χ1) is 9.20. The Kier molecular flexibility index (Phi) is 3.03. The van der Waals surface area contributed by atoms with Gasteiger partial charge in [-0.15, -0.1) is 0 Å². The van der Waals surface area contributed by atoms with Crippen LogP contribution in [0.15, 0.2) is 24.3 Å². The maximum Gasteiger partial charge on any atom is 0.150 e. The van der Waals surface area contributed by atoms with Gasteiger partial charge in [0.2, 0.25) is 0 Å². The van der Waals surface area contributed by atoms with Gasteiger partial charge in [0.1, 0.15) is 11.6 Å². The van der Waals surface area contributed by atoms with Gasteiger partial charge in [0.15, 0.2) is 5.82 Å². The third kappa shape index (κ3) is 2.65. The van der Waals surface area contributed by atoms with Crippen LogP contribution in [0.2, 0.25) is 0 Å². The zero-order valence-electron chi connectivity index (χ0n) is 11.1. The molecule has 3 rings (SSSR count). The number of benzene rings is 1. The molecule has 0 aliphatic carbocycles. The highest BCUT2D eigenvalue weighted by Gasteiger charge is 2.08. The summed E-state index contributed by atoms with van der Waals surface area (Å²) in [5.41, 5.74) is 2.04. The highest BCUT2D eigenvalue weighted by Crippen LogP contribution is 2.12. The van der Waals surface area contributed by atoms with E-state index in [1.165, 1.54) is 0 Å². The van der Waals surface area contributed by atoms with E-state index in [4.69, 9.17) is 0 Å². The number of H-pyrrole nitrogens is 2. The van der Waals surface area contributed by atoms with Crippen molar-refractivity contribution in [2.24, 2.45) is 5.92 Å². The summed E-state index contributed by atoms with van der Waals surface area (Å²) in [4.78, 5) is 12.3. The van der Waals surface area contributed by atoms with Gasteiger partial charge in [0.25, 0.3) is 0 Å². The molecule has 3 aromatic rings. The number of hydrogen-bond acceptors (Lipinski definition) is 3. The maximum atomic E-state index is 4.53. The number of aromatic nitrogens is 5. The molecule has 0 spiro atoms. The molecule has 5 nitrogen and oxygen atoms in total. The van der Waals surface area contributed by atoms with Gasteiger partial charge in [-0.2, -0.15) is 5.10 Å². The van der Waals surface area contributed by atoms with Crippen molar-refractivity contribution < 1.29 is 0 Å². The summed E-state index contributed by atoms with van der Waals surface area (Å²) in [6.45, 7) is 4.32. The van der Waals surface area contributed by atoms with Crippen LogP contribution in [0.25, 0.3) is 11.0 Å². The minimum Gasteiger partial charge on any atom is -0.342 e. The number of hydrogen-bond donors (Lipinski definition) is 2. The first-order valence-corrected chi connectivity index (χ1v) is 6.54. The third-order valence-corrected chi connectivity index (χ3v) is 2.94. The van der Waals surface area contributed by atoms with Crippen LogP contribution in [0.3, 0.4) is 0 Å². The van der Waals surface area contributed by atoms with Crippen LogP contribution < -0.4 is 0 Å². The molecule has 19 heavy (non-hydrogen) atoms. The molecule has 2 N–H and O–H groups in total. The monoisotopic (exact) mass is 255 g/mol. The lowest BCUT2D eigenvalue weighted by Crippen LogP contribution is -1.97. The zero-order chi connectivity index (χ0) is 13.2. The predicted octanol–water partition coefficient (Wildman–Crippen LogP) is 2.47. The van der Waals surface area contributed by atoms with Crippen LogP contribution in [0.4, 0.5) is 0 Å². The molecule has 1 aromatic carbocycles. The Balaban J connectivity index is 1.78. The first kappa shape index (κ1) is 11.9. The van der Waals surface area contributed by atoms with Gasteiger partial charge in [0.05, 0.1) is 17.5 Å². The Morgan fingerprint density at radius 1 is 1.11 bits per heavy atom. The molecule has 98 valence electrons. The van der Waals surface area contributed by atoms with E-state index < -0.39 is 0 Å². The fourth-order valence-corrected chi connectivity index (χ4v) is 2.12. The van der Waals surface area contributed by atoms with E-state index in [1.807, 2.05) is 24.3 Å². The lowest BCUT2D eigenvalue weighted by molar-refractivity contribution is 0.622. The van der Waals surface area contributed by atoms with Gasteiger partial charge in [0, 0.05) is 6.42 Å². The number of aromatic amines is 2. The molecule has 0 fully saturated rings. The zero-order valence-corrected chi connectivity index (χ0v) is 11.1. The summed E-state index contributed by atoms with van der Waals surface area (Å²) >= 11 is 0. The van der Waals surface area contributed by atoms with Crippen LogP contribution in [-0.2, 0) is 12.8 Å². The van der Waals surface area contributed by atoms with Crippen molar-refractivity contribution in [2.45, 2.75) is 26.7 Å². The average Bonchev–Trinajstić information content (AvgIpc) is 2.94. The van der Waals surface area contributed by atoms with Crippen molar-refractivity contribution >= 4 is 11.0 Å². The molecule has 0 saturated carbocycles. The van der Waals surface area contributed by atoms with E-state index >= 15 is 0 Å². The van der Waals surface area contributed by atoms with Crippen LogP contribution >= 0.6 is 0 Å². The largest absolute Gasteiger partial charge is 0.342 e. The quantitative estimate of drug-likeness (QED) is 0.752. The minimum absolute atomic E-state index is 0.565. The standard InChI is InChI=1S/C14H17N5/c1-9(2)7-13-17-14(19-18-13)8-12-15-10-5-3-4-6-11(10)16-12/h3-6,9H,7-8H2,1-2H3,(H,15,16)(H,17,18,19). The second kappa shape index (κ2) is 4.84. The summed E-state index contributed by atoms with van der Waals surface area (Å²) in [7, 11) is 0. The predicted molar refractivity (Wildman–Crippen MR) is 73.8 cm³/mol. The molecule has 2 heterocycles. The number of imidazole rings is 1. The molecular formula is C14H17N5. The first-order valence-electron chi connectivity index (χ1n) is 6.54. The highest BCUT2D eigenvalue weighted by molar-refractivity contribution is 5.74. The van der Waals surface area contributed by atoms with Crippen molar-refractivity contribution in [3.8, 4) is 0 Å². The third-order valence-electron chi connectivity index (χ3n) is 2.94. The van der Waals surface area contributed by atoms with Crippen LogP contribution in [0, 0.1) is 5.92 Å². The highest BCUT2D eigenvalue weighted by atomic mass is 15.2. The van der Waals surface area contributed by atoms with E-state index in [-0.39, 0.29) is 0 Å². The maximum absolute atomic E-state index is 4.53. The Morgan fingerprint density at radius 3 is 2.74 bits per heavy atom. The topological polar surface area (TPSA) is 70.2 Å². The fraction of sp³-hybridized carbons (Fsp3) is 0.357. The van der Waals surface area contributed by atoms with Crippen molar-refractivity contribution in [3.63, 3.8) is 0 Å². The molecule has 0 amide bonds. The van der Waals surface area contributed by atoms with E-state index in [0.29, 0.717) is 12.3 Å². The molecule has 2 aromatic heterocycles.